The zero-order valence-corrected chi connectivity index (χ0v) is 43.9. The van der Waals surface area contributed by atoms with E-state index in [0.717, 1.165) is 69.6 Å². The molecule has 0 radical (unpaired) electrons. The van der Waals surface area contributed by atoms with Crippen LogP contribution in [-0.2, 0) is 28.6 Å². The first-order valence-corrected chi connectivity index (χ1v) is 28.8. The van der Waals surface area contributed by atoms with Crippen molar-refractivity contribution in [1.82, 2.24) is 0 Å². The lowest BCUT2D eigenvalue weighted by Gasteiger charge is -2.18. The van der Waals surface area contributed by atoms with E-state index in [1.807, 2.05) is 0 Å². The monoisotopic (exact) mass is 905 g/mol. The summed E-state index contributed by atoms with van der Waals surface area (Å²) >= 11 is 0. The molecule has 6 heteroatoms. The van der Waals surface area contributed by atoms with Crippen molar-refractivity contribution in [3.8, 4) is 0 Å². The van der Waals surface area contributed by atoms with E-state index < -0.39 is 6.10 Å². The molecule has 0 aromatic rings. The number of ether oxygens (including phenoxy) is 3. The third kappa shape index (κ3) is 49.8. The lowest BCUT2D eigenvalue weighted by molar-refractivity contribution is -0.167. The lowest BCUT2D eigenvalue weighted by Crippen LogP contribution is -2.30. The van der Waals surface area contributed by atoms with Gasteiger partial charge < -0.3 is 14.2 Å². The third-order valence-corrected chi connectivity index (χ3v) is 13.6. The van der Waals surface area contributed by atoms with Gasteiger partial charge in [0.25, 0.3) is 0 Å². The Balaban J connectivity index is 4.22. The second kappa shape index (κ2) is 50.8. The van der Waals surface area contributed by atoms with Crippen LogP contribution in [0.5, 0.6) is 0 Å². The molecule has 0 heterocycles. The first-order valence-electron chi connectivity index (χ1n) is 28.8. The van der Waals surface area contributed by atoms with E-state index in [1.54, 1.807) is 0 Å². The summed E-state index contributed by atoms with van der Waals surface area (Å²) in [5.74, 6) is 0.904. The molecule has 0 aliphatic heterocycles. The van der Waals surface area contributed by atoms with Crippen molar-refractivity contribution < 1.29 is 28.6 Å². The zero-order valence-electron chi connectivity index (χ0n) is 43.9. The minimum absolute atomic E-state index is 0.0628. The summed E-state index contributed by atoms with van der Waals surface area (Å²) in [5, 5.41) is 0. The standard InChI is InChI=1S/C58H112O6/c1-6-8-9-10-11-12-28-35-40-45-50-58(61)64-55(51-62-56(59)48-43-38-33-29-24-20-15-13-14-18-22-26-31-36-41-46-53(3)4)52-63-57(60)49-44-39-34-30-25-21-17-16-19-23-27-32-37-42-47-54(5)7-2/h53-55H,6-52H2,1-5H3/t54?,55-/m0/s1. The Labute approximate surface area is 399 Å². The van der Waals surface area contributed by atoms with E-state index in [9.17, 15) is 14.4 Å². The molecule has 0 amide bonds. The van der Waals surface area contributed by atoms with Crippen molar-refractivity contribution in [1.29, 1.82) is 0 Å². The van der Waals surface area contributed by atoms with Crippen molar-refractivity contribution in [2.45, 2.75) is 330 Å². The summed E-state index contributed by atoms with van der Waals surface area (Å²) in [4.78, 5) is 38.1. The molecule has 6 nitrogen and oxygen atoms in total. The van der Waals surface area contributed by atoms with E-state index in [0.29, 0.717) is 19.3 Å². The fourth-order valence-corrected chi connectivity index (χ4v) is 8.84. The number of esters is 3. The average molecular weight is 906 g/mol. The molecule has 1 unspecified atom stereocenters. The molecule has 0 saturated heterocycles. The van der Waals surface area contributed by atoms with Gasteiger partial charge in [-0.2, -0.15) is 0 Å². The summed E-state index contributed by atoms with van der Waals surface area (Å²) in [7, 11) is 0. The number of carbonyl (C=O) groups excluding carboxylic acids is 3. The van der Waals surface area contributed by atoms with E-state index in [4.69, 9.17) is 14.2 Å². The maximum Gasteiger partial charge on any atom is 0.306 e. The lowest BCUT2D eigenvalue weighted by atomic mass is 9.99. The molecule has 64 heavy (non-hydrogen) atoms. The van der Waals surface area contributed by atoms with Crippen LogP contribution >= 0.6 is 0 Å². The first kappa shape index (κ1) is 62.4. The zero-order chi connectivity index (χ0) is 46.8. The van der Waals surface area contributed by atoms with Crippen LogP contribution < -0.4 is 0 Å². The van der Waals surface area contributed by atoms with E-state index in [1.165, 1.54) is 212 Å². The van der Waals surface area contributed by atoms with Gasteiger partial charge in [-0.1, -0.05) is 285 Å². The van der Waals surface area contributed by atoms with Gasteiger partial charge >= 0.3 is 17.9 Å². The fourth-order valence-electron chi connectivity index (χ4n) is 8.84. The topological polar surface area (TPSA) is 78.9 Å². The van der Waals surface area contributed by atoms with Gasteiger partial charge in [0.15, 0.2) is 6.10 Å². The minimum atomic E-state index is -0.762. The molecule has 0 rings (SSSR count). The Hall–Kier alpha value is -1.59. The number of hydrogen-bond donors (Lipinski definition) is 0. The molecule has 0 aliphatic carbocycles. The number of hydrogen-bond acceptors (Lipinski definition) is 6. The fraction of sp³-hybridized carbons (Fsp3) is 0.948. The molecule has 0 fully saturated rings. The largest absolute Gasteiger partial charge is 0.462 e. The highest BCUT2D eigenvalue weighted by Gasteiger charge is 2.19. The summed E-state index contributed by atoms with van der Waals surface area (Å²) in [6.07, 6.45) is 53.7. The van der Waals surface area contributed by atoms with Crippen molar-refractivity contribution >= 4 is 17.9 Å². The summed E-state index contributed by atoms with van der Waals surface area (Å²) in [6, 6.07) is 0. The maximum absolute atomic E-state index is 12.8. The van der Waals surface area contributed by atoms with Crippen LogP contribution in [0.3, 0.4) is 0 Å². The van der Waals surface area contributed by atoms with Gasteiger partial charge in [-0.3, -0.25) is 14.4 Å². The Kier molecular flexibility index (Phi) is 49.6. The highest BCUT2D eigenvalue weighted by molar-refractivity contribution is 5.71. The Bertz CT molecular complexity index is 980. The molecule has 2 atom stereocenters. The normalized spacial score (nSPS) is 12.5. The highest BCUT2D eigenvalue weighted by Crippen LogP contribution is 2.18. The predicted octanol–water partition coefficient (Wildman–Crippen LogP) is 18.9. The third-order valence-electron chi connectivity index (χ3n) is 13.6. The van der Waals surface area contributed by atoms with Gasteiger partial charge in [0.1, 0.15) is 13.2 Å². The van der Waals surface area contributed by atoms with Crippen LogP contribution in [0, 0.1) is 11.8 Å². The molecule has 380 valence electrons. The summed E-state index contributed by atoms with van der Waals surface area (Å²) in [6.45, 7) is 11.4. The van der Waals surface area contributed by atoms with Gasteiger partial charge in [-0.05, 0) is 31.1 Å². The van der Waals surface area contributed by atoms with Crippen LogP contribution in [0.4, 0.5) is 0 Å². The summed E-state index contributed by atoms with van der Waals surface area (Å²) in [5.41, 5.74) is 0. The van der Waals surface area contributed by atoms with Gasteiger partial charge in [0.2, 0.25) is 0 Å². The van der Waals surface area contributed by atoms with Gasteiger partial charge in [-0.25, -0.2) is 0 Å². The summed E-state index contributed by atoms with van der Waals surface area (Å²) < 4.78 is 16.9. The average Bonchev–Trinajstić information content (AvgIpc) is 3.28. The minimum Gasteiger partial charge on any atom is -0.462 e. The van der Waals surface area contributed by atoms with E-state index in [-0.39, 0.29) is 31.1 Å². The Morgan fingerprint density at radius 2 is 0.594 bits per heavy atom. The van der Waals surface area contributed by atoms with Crippen molar-refractivity contribution in [2.24, 2.45) is 11.8 Å². The van der Waals surface area contributed by atoms with Crippen LogP contribution in [0.1, 0.15) is 324 Å². The number of unbranched alkanes of at least 4 members (excludes halogenated alkanes) is 36. The number of carbonyl (C=O) groups is 3. The smallest absolute Gasteiger partial charge is 0.306 e. The Morgan fingerprint density at radius 1 is 0.328 bits per heavy atom. The van der Waals surface area contributed by atoms with Gasteiger partial charge in [0.05, 0.1) is 0 Å². The maximum atomic E-state index is 12.8. The quantitative estimate of drug-likeness (QED) is 0.0344. The molecule has 0 spiro atoms. The SMILES string of the molecule is CCCCCCCCCCCCC(=O)O[C@@H](COC(=O)CCCCCCCCCCCCCCCCCC(C)C)COC(=O)CCCCCCCCCCCCCCCCC(C)CC. The van der Waals surface area contributed by atoms with Crippen LogP contribution in [-0.4, -0.2) is 37.2 Å². The second-order valence-corrected chi connectivity index (χ2v) is 20.6. The van der Waals surface area contributed by atoms with Crippen LogP contribution in [0.2, 0.25) is 0 Å². The molecule has 0 N–H and O–H groups in total. The second-order valence-electron chi connectivity index (χ2n) is 20.6. The molecule has 0 aromatic carbocycles. The van der Waals surface area contributed by atoms with Crippen molar-refractivity contribution in [3.63, 3.8) is 0 Å². The van der Waals surface area contributed by atoms with Crippen LogP contribution in [0.25, 0.3) is 0 Å². The van der Waals surface area contributed by atoms with Crippen molar-refractivity contribution in [3.05, 3.63) is 0 Å². The first-order chi connectivity index (χ1) is 31.3. The van der Waals surface area contributed by atoms with E-state index in [2.05, 4.69) is 34.6 Å². The number of rotatable bonds is 52. The van der Waals surface area contributed by atoms with Gasteiger partial charge in [-0.15, -0.1) is 0 Å². The molecule has 0 bridgehead atoms. The van der Waals surface area contributed by atoms with Gasteiger partial charge in [0, 0.05) is 19.3 Å². The predicted molar refractivity (Wildman–Crippen MR) is 275 cm³/mol. The Morgan fingerprint density at radius 3 is 0.891 bits per heavy atom. The van der Waals surface area contributed by atoms with E-state index >= 15 is 0 Å². The molecule has 0 aromatic heterocycles. The van der Waals surface area contributed by atoms with Crippen LogP contribution in [0.15, 0.2) is 0 Å². The molecule has 0 aliphatic rings. The van der Waals surface area contributed by atoms with Crippen molar-refractivity contribution in [2.75, 3.05) is 13.2 Å². The molecular weight excluding hydrogens is 793 g/mol. The highest BCUT2D eigenvalue weighted by atomic mass is 16.6. The molecule has 0 saturated carbocycles. The molecular formula is C58H112O6.